The molecule has 1 nitrogen and oxygen atoms in total. The number of halogens is 1. The van der Waals surface area contributed by atoms with E-state index in [1.807, 2.05) is 0 Å². The van der Waals surface area contributed by atoms with E-state index in [2.05, 4.69) is 107 Å². The van der Waals surface area contributed by atoms with Crippen LogP contribution in [0.15, 0.2) is 72.8 Å². The van der Waals surface area contributed by atoms with Crippen molar-refractivity contribution in [3.8, 4) is 0 Å². The number of rotatable bonds is 3. The summed E-state index contributed by atoms with van der Waals surface area (Å²) in [6.07, 6.45) is 3.55. The Morgan fingerprint density at radius 1 is 0.964 bits per heavy atom. The zero-order chi connectivity index (χ0) is 19.1. The lowest BCUT2D eigenvalue weighted by Gasteiger charge is -2.24. The second kappa shape index (κ2) is 7.40. The summed E-state index contributed by atoms with van der Waals surface area (Å²) < 4.78 is 3.87. The van der Waals surface area contributed by atoms with Crippen LogP contribution in [0.5, 0.6) is 0 Å². The van der Waals surface area contributed by atoms with Crippen molar-refractivity contribution >= 4 is 33.5 Å². The van der Waals surface area contributed by atoms with Crippen molar-refractivity contribution in [2.75, 3.05) is 0 Å². The van der Waals surface area contributed by atoms with E-state index in [1.165, 1.54) is 37.6 Å². The summed E-state index contributed by atoms with van der Waals surface area (Å²) in [5.74, 6) is 0.631. The predicted octanol–water partition coefficient (Wildman–Crippen LogP) is 6.88. The highest BCUT2D eigenvalue weighted by atomic mass is 127. The van der Waals surface area contributed by atoms with Gasteiger partial charge < -0.3 is 4.57 Å². The van der Waals surface area contributed by atoms with Crippen molar-refractivity contribution in [1.82, 2.24) is 4.57 Å². The summed E-state index contributed by atoms with van der Waals surface area (Å²) in [5.41, 5.74) is 8.73. The molecular weight excluding hydrogens is 453 g/mol. The maximum absolute atomic E-state index is 2.58. The first kappa shape index (κ1) is 18.0. The number of hydrogen-bond donors (Lipinski definition) is 0. The molecule has 0 bridgehead atoms. The molecule has 1 heterocycles. The second-order valence-corrected chi connectivity index (χ2v) is 9.25. The van der Waals surface area contributed by atoms with Gasteiger partial charge in [0.1, 0.15) is 0 Å². The van der Waals surface area contributed by atoms with E-state index in [0.717, 1.165) is 19.4 Å². The first-order valence-corrected chi connectivity index (χ1v) is 11.2. The van der Waals surface area contributed by atoms with Gasteiger partial charge in [0.2, 0.25) is 0 Å². The Bertz CT molecular complexity index is 1120. The number of nitrogens with zero attached hydrogens (tertiary/aromatic N) is 1. The standard InChI is InChI=1S/C26H24IN/c1-18-7-13-25-23(15-18)24-16-21(20-5-3-2-4-6-20)10-14-26(24)28(25)17-19-8-11-22(27)12-9-19/h2-9,11-13,15,21H,10,14,16-17H2,1H3/t21-/m0/s1. The predicted molar refractivity (Wildman–Crippen MR) is 126 cm³/mol. The first-order valence-electron chi connectivity index (χ1n) is 10.1. The van der Waals surface area contributed by atoms with Crippen LogP contribution in [-0.4, -0.2) is 4.57 Å². The summed E-state index contributed by atoms with van der Waals surface area (Å²) in [5, 5.41) is 1.46. The highest BCUT2D eigenvalue weighted by molar-refractivity contribution is 14.1. The van der Waals surface area contributed by atoms with Crippen LogP contribution in [0.25, 0.3) is 10.9 Å². The van der Waals surface area contributed by atoms with Crippen molar-refractivity contribution in [2.45, 2.75) is 38.6 Å². The summed E-state index contributed by atoms with van der Waals surface area (Å²) in [4.78, 5) is 0. The molecule has 2 heteroatoms. The molecule has 1 atom stereocenters. The lowest BCUT2D eigenvalue weighted by Crippen LogP contribution is -2.15. The highest BCUT2D eigenvalue weighted by Crippen LogP contribution is 2.39. The van der Waals surface area contributed by atoms with Gasteiger partial charge in [0, 0.05) is 26.7 Å². The maximum Gasteiger partial charge on any atom is 0.0488 e. The van der Waals surface area contributed by atoms with Gasteiger partial charge in [0.05, 0.1) is 0 Å². The van der Waals surface area contributed by atoms with E-state index in [0.29, 0.717) is 5.92 Å². The fourth-order valence-electron chi connectivity index (χ4n) is 4.73. The van der Waals surface area contributed by atoms with Crippen molar-refractivity contribution in [3.63, 3.8) is 0 Å². The molecule has 140 valence electrons. The SMILES string of the molecule is Cc1ccc2c(c1)c1c(n2Cc2ccc(I)cc2)CC[C@H](c2ccccc2)C1. The minimum Gasteiger partial charge on any atom is -0.340 e. The molecule has 1 aliphatic carbocycles. The van der Waals surface area contributed by atoms with Crippen LogP contribution in [0, 0.1) is 10.5 Å². The van der Waals surface area contributed by atoms with E-state index < -0.39 is 0 Å². The Kier molecular flexibility index (Phi) is 4.75. The number of aromatic nitrogens is 1. The number of hydrogen-bond acceptors (Lipinski definition) is 0. The molecule has 0 amide bonds. The Morgan fingerprint density at radius 2 is 1.75 bits per heavy atom. The summed E-state index contributed by atoms with van der Waals surface area (Å²) in [6.45, 7) is 3.17. The Hall–Kier alpha value is -2.07. The van der Waals surface area contributed by atoms with Gasteiger partial charge in [-0.15, -0.1) is 0 Å². The Labute approximate surface area is 180 Å². The third-order valence-corrected chi connectivity index (χ3v) is 6.87. The van der Waals surface area contributed by atoms with Crippen LogP contribution in [0.1, 0.15) is 40.3 Å². The molecule has 0 fully saturated rings. The highest BCUT2D eigenvalue weighted by Gasteiger charge is 2.26. The normalized spacial score (nSPS) is 16.3. The smallest absolute Gasteiger partial charge is 0.0488 e. The van der Waals surface area contributed by atoms with Crippen molar-refractivity contribution in [2.24, 2.45) is 0 Å². The molecule has 28 heavy (non-hydrogen) atoms. The van der Waals surface area contributed by atoms with Crippen LogP contribution >= 0.6 is 22.6 Å². The van der Waals surface area contributed by atoms with Crippen molar-refractivity contribution in [3.05, 3.63) is 104 Å². The van der Waals surface area contributed by atoms with Crippen LogP contribution < -0.4 is 0 Å². The average molecular weight is 477 g/mol. The second-order valence-electron chi connectivity index (χ2n) is 8.01. The van der Waals surface area contributed by atoms with Crippen LogP contribution in [-0.2, 0) is 19.4 Å². The molecule has 3 aromatic carbocycles. The van der Waals surface area contributed by atoms with Gasteiger partial charge in [-0.05, 0) is 95.7 Å². The molecule has 0 N–H and O–H groups in total. The van der Waals surface area contributed by atoms with E-state index >= 15 is 0 Å². The van der Waals surface area contributed by atoms with Crippen molar-refractivity contribution in [1.29, 1.82) is 0 Å². The number of fused-ring (bicyclic) bond motifs is 3. The molecule has 0 unspecified atom stereocenters. The van der Waals surface area contributed by atoms with Gasteiger partial charge in [-0.2, -0.15) is 0 Å². The summed E-state index contributed by atoms with van der Waals surface area (Å²) in [6, 6.07) is 27.0. The Morgan fingerprint density at radius 3 is 2.54 bits per heavy atom. The van der Waals surface area contributed by atoms with Crippen molar-refractivity contribution < 1.29 is 0 Å². The topological polar surface area (TPSA) is 4.93 Å². The molecule has 4 aromatic rings. The minimum atomic E-state index is 0.631. The fourth-order valence-corrected chi connectivity index (χ4v) is 5.09. The monoisotopic (exact) mass is 477 g/mol. The molecule has 1 aliphatic rings. The molecule has 0 spiro atoms. The zero-order valence-corrected chi connectivity index (χ0v) is 18.3. The summed E-state index contributed by atoms with van der Waals surface area (Å²) in [7, 11) is 0. The van der Waals surface area contributed by atoms with E-state index in [9.17, 15) is 0 Å². The molecule has 0 aliphatic heterocycles. The zero-order valence-electron chi connectivity index (χ0n) is 16.2. The number of aryl methyl sites for hydroxylation is 1. The lowest BCUT2D eigenvalue weighted by molar-refractivity contribution is 0.562. The lowest BCUT2D eigenvalue weighted by atomic mass is 9.82. The van der Waals surface area contributed by atoms with Gasteiger partial charge in [-0.3, -0.25) is 0 Å². The quantitative estimate of drug-likeness (QED) is 0.284. The number of benzene rings is 3. The van der Waals surface area contributed by atoms with Crippen LogP contribution in [0.4, 0.5) is 0 Å². The fraction of sp³-hybridized carbons (Fsp3) is 0.231. The molecule has 0 saturated heterocycles. The van der Waals surface area contributed by atoms with Crippen LogP contribution in [0.2, 0.25) is 0 Å². The average Bonchev–Trinajstić information content (AvgIpc) is 3.02. The molecule has 1 aromatic heterocycles. The summed E-state index contributed by atoms with van der Waals surface area (Å²) >= 11 is 2.38. The van der Waals surface area contributed by atoms with E-state index in [1.54, 1.807) is 11.3 Å². The third kappa shape index (κ3) is 3.28. The maximum atomic E-state index is 2.58. The van der Waals surface area contributed by atoms with Gasteiger partial charge in [0.15, 0.2) is 0 Å². The van der Waals surface area contributed by atoms with Gasteiger partial charge in [-0.1, -0.05) is 54.1 Å². The minimum absolute atomic E-state index is 0.631. The molecule has 0 radical (unpaired) electrons. The van der Waals surface area contributed by atoms with E-state index in [-0.39, 0.29) is 0 Å². The molecule has 5 rings (SSSR count). The third-order valence-electron chi connectivity index (χ3n) is 6.15. The largest absolute Gasteiger partial charge is 0.340 e. The van der Waals surface area contributed by atoms with Gasteiger partial charge in [0.25, 0.3) is 0 Å². The van der Waals surface area contributed by atoms with Crippen LogP contribution in [0.3, 0.4) is 0 Å². The molecule has 0 saturated carbocycles. The Balaban J connectivity index is 1.60. The van der Waals surface area contributed by atoms with E-state index in [4.69, 9.17) is 0 Å². The van der Waals surface area contributed by atoms with Gasteiger partial charge in [-0.25, -0.2) is 0 Å². The first-order chi connectivity index (χ1) is 13.7. The van der Waals surface area contributed by atoms with Gasteiger partial charge >= 0.3 is 0 Å². The molecular formula is C26H24IN.